The molecule has 20 heavy (non-hydrogen) atoms. The molecule has 1 aliphatic rings. The number of pyridine rings is 1. The van der Waals surface area contributed by atoms with E-state index in [1.807, 2.05) is 6.20 Å². The minimum Gasteiger partial charge on any atom is -0.380 e. The van der Waals surface area contributed by atoms with Crippen LogP contribution in [0, 0.1) is 0 Å². The Morgan fingerprint density at radius 1 is 1.45 bits per heavy atom. The fourth-order valence-corrected chi connectivity index (χ4v) is 2.30. The second kappa shape index (κ2) is 7.41. The van der Waals surface area contributed by atoms with Crippen LogP contribution in [0.15, 0.2) is 30.0 Å². The van der Waals surface area contributed by atoms with Crippen LogP contribution in [0.5, 0.6) is 0 Å². The van der Waals surface area contributed by atoms with Crippen LogP contribution in [0.2, 0.25) is 0 Å². The van der Waals surface area contributed by atoms with Crippen molar-refractivity contribution in [3.63, 3.8) is 0 Å². The van der Waals surface area contributed by atoms with Gasteiger partial charge >= 0.3 is 0 Å². The van der Waals surface area contributed by atoms with Gasteiger partial charge in [0.25, 0.3) is 0 Å². The summed E-state index contributed by atoms with van der Waals surface area (Å²) in [6, 6.07) is 4.76. The standard InChI is InChI=1S/C16H25N3O/c1-13(2)18-11-15-4-7-17-16(10-15)19-8-5-14(6-9-19)12-20-3/h4-5,7,10,13,18H,6,8-9,11-12H2,1-3H3. The van der Waals surface area contributed by atoms with E-state index in [0.717, 1.165) is 38.5 Å². The second-order valence-electron chi connectivity index (χ2n) is 5.55. The Bertz CT molecular complexity index is 457. The normalized spacial score (nSPS) is 15.6. The number of rotatable bonds is 6. The van der Waals surface area contributed by atoms with Gasteiger partial charge < -0.3 is 15.0 Å². The Labute approximate surface area is 121 Å². The fourth-order valence-electron chi connectivity index (χ4n) is 2.30. The first-order chi connectivity index (χ1) is 9.69. The largest absolute Gasteiger partial charge is 0.380 e. The number of aromatic nitrogens is 1. The summed E-state index contributed by atoms with van der Waals surface area (Å²) in [7, 11) is 1.75. The fraction of sp³-hybridized carbons (Fsp3) is 0.562. The summed E-state index contributed by atoms with van der Waals surface area (Å²) in [4.78, 5) is 6.82. The number of ether oxygens (including phenoxy) is 1. The second-order valence-corrected chi connectivity index (χ2v) is 5.55. The maximum Gasteiger partial charge on any atom is 0.129 e. The molecule has 0 atom stereocenters. The van der Waals surface area contributed by atoms with Gasteiger partial charge in [-0.25, -0.2) is 4.98 Å². The molecule has 1 aromatic rings. The van der Waals surface area contributed by atoms with Crippen LogP contribution in [0.4, 0.5) is 5.82 Å². The number of nitrogens with zero attached hydrogens (tertiary/aromatic N) is 2. The molecule has 0 fully saturated rings. The molecule has 0 aliphatic carbocycles. The molecule has 0 saturated heterocycles. The van der Waals surface area contributed by atoms with Gasteiger partial charge in [0.15, 0.2) is 0 Å². The highest BCUT2D eigenvalue weighted by Crippen LogP contribution is 2.18. The summed E-state index contributed by atoms with van der Waals surface area (Å²) in [5.74, 6) is 1.07. The topological polar surface area (TPSA) is 37.4 Å². The van der Waals surface area contributed by atoms with E-state index in [1.54, 1.807) is 7.11 Å². The lowest BCUT2D eigenvalue weighted by molar-refractivity contribution is 0.222. The molecule has 0 amide bonds. The third-order valence-electron chi connectivity index (χ3n) is 3.48. The third kappa shape index (κ3) is 4.32. The van der Waals surface area contributed by atoms with E-state index in [4.69, 9.17) is 4.74 Å². The van der Waals surface area contributed by atoms with Crippen molar-refractivity contribution < 1.29 is 4.74 Å². The Balaban J connectivity index is 1.97. The molecular weight excluding hydrogens is 250 g/mol. The van der Waals surface area contributed by atoms with E-state index >= 15 is 0 Å². The first kappa shape index (κ1) is 15.0. The summed E-state index contributed by atoms with van der Waals surface area (Å²) in [6.07, 6.45) is 5.22. The molecule has 0 unspecified atom stereocenters. The molecule has 110 valence electrons. The molecule has 4 heteroatoms. The Kier molecular flexibility index (Phi) is 5.56. The lowest BCUT2D eigenvalue weighted by atomic mass is 10.1. The first-order valence-electron chi connectivity index (χ1n) is 7.29. The van der Waals surface area contributed by atoms with E-state index in [0.29, 0.717) is 6.04 Å². The first-order valence-corrected chi connectivity index (χ1v) is 7.29. The third-order valence-corrected chi connectivity index (χ3v) is 3.48. The SMILES string of the molecule is COCC1=CCN(c2cc(CNC(C)C)ccn2)CC1. The maximum atomic E-state index is 5.18. The molecule has 0 saturated carbocycles. The van der Waals surface area contributed by atoms with Crippen molar-refractivity contribution in [2.45, 2.75) is 32.9 Å². The number of anilines is 1. The van der Waals surface area contributed by atoms with Crippen LogP contribution in [0.25, 0.3) is 0 Å². The summed E-state index contributed by atoms with van der Waals surface area (Å²) in [5.41, 5.74) is 2.68. The molecule has 2 heterocycles. The van der Waals surface area contributed by atoms with Gasteiger partial charge in [-0.15, -0.1) is 0 Å². The van der Waals surface area contributed by atoms with Crippen molar-refractivity contribution >= 4 is 5.82 Å². The maximum absolute atomic E-state index is 5.18. The number of hydrogen-bond donors (Lipinski definition) is 1. The van der Waals surface area contributed by atoms with E-state index in [1.165, 1.54) is 11.1 Å². The molecule has 0 spiro atoms. The van der Waals surface area contributed by atoms with Crippen LogP contribution in [0.1, 0.15) is 25.8 Å². The highest BCUT2D eigenvalue weighted by Gasteiger charge is 2.13. The van der Waals surface area contributed by atoms with Crippen molar-refractivity contribution in [1.82, 2.24) is 10.3 Å². The molecule has 1 N–H and O–H groups in total. The van der Waals surface area contributed by atoms with Gasteiger partial charge in [-0.05, 0) is 29.7 Å². The Morgan fingerprint density at radius 3 is 2.95 bits per heavy atom. The summed E-state index contributed by atoms with van der Waals surface area (Å²) in [5, 5.41) is 3.44. The quantitative estimate of drug-likeness (QED) is 0.809. The monoisotopic (exact) mass is 275 g/mol. The zero-order valence-electron chi connectivity index (χ0n) is 12.7. The minimum absolute atomic E-state index is 0.501. The summed E-state index contributed by atoms with van der Waals surface area (Å²) in [6.45, 7) is 7.91. The predicted octanol–water partition coefficient (Wildman–Crippen LogP) is 2.36. The number of hydrogen-bond acceptors (Lipinski definition) is 4. The van der Waals surface area contributed by atoms with Crippen molar-refractivity contribution in [1.29, 1.82) is 0 Å². The Hall–Kier alpha value is -1.39. The number of methoxy groups -OCH3 is 1. The smallest absolute Gasteiger partial charge is 0.129 e. The minimum atomic E-state index is 0.501. The highest BCUT2D eigenvalue weighted by molar-refractivity contribution is 5.43. The molecule has 4 nitrogen and oxygen atoms in total. The zero-order chi connectivity index (χ0) is 14.4. The van der Waals surface area contributed by atoms with Crippen LogP contribution >= 0.6 is 0 Å². The molecule has 1 aromatic heterocycles. The van der Waals surface area contributed by atoms with E-state index in [-0.39, 0.29) is 0 Å². The Morgan fingerprint density at radius 2 is 2.30 bits per heavy atom. The molecule has 0 aromatic carbocycles. The van der Waals surface area contributed by atoms with Gasteiger partial charge in [-0.1, -0.05) is 19.9 Å². The lowest BCUT2D eigenvalue weighted by Crippen LogP contribution is -2.30. The van der Waals surface area contributed by atoms with Gasteiger partial charge in [-0.2, -0.15) is 0 Å². The van der Waals surface area contributed by atoms with Gasteiger partial charge in [-0.3, -0.25) is 0 Å². The molecule has 1 aliphatic heterocycles. The average Bonchev–Trinajstić information content (AvgIpc) is 2.47. The number of nitrogens with one attached hydrogen (secondary N) is 1. The average molecular weight is 275 g/mol. The van der Waals surface area contributed by atoms with Crippen LogP contribution < -0.4 is 10.2 Å². The van der Waals surface area contributed by atoms with Gasteiger partial charge in [0.2, 0.25) is 0 Å². The van der Waals surface area contributed by atoms with Crippen molar-refractivity contribution in [3.05, 3.63) is 35.5 Å². The van der Waals surface area contributed by atoms with E-state index in [2.05, 4.69) is 47.3 Å². The van der Waals surface area contributed by atoms with Gasteiger partial charge in [0.1, 0.15) is 5.82 Å². The predicted molar refractivity (Wildman–Crippen MR) is 83.0 cm³/mol. The van der Waals surface area contributed by atoms with E-state index < -0.39 is 0 Å². The van der Waals surface area contributed by atoms with Gasteiger partial charge in [0.05, 0.1) is 6.61 Å². The molecule has 0 bridgehead atoms. The highest BCUT2D eigenvalue weighted by atomic mass is 16.5. The van der Waals surface area contributed by atoms with Crippen LogP contribution in [-0.2, 0) is 11.3 Å². The molecule has 2 rings (SSSR count). The van der Waals surface area contributed by atoms with Crippen LogP contribution in [-0.4, -0.2) is 37.8 Å². The summed E-state index contributed by atoms with van der Waals surface area (Å²) >= 11 is 0. The summed E-state index contributed by atoms with van der Waals surface area (Å²) < 4.78 is 5.18. The molecular formula is C16H25N3O. The van der Waals surface area contributed by atoms with Crippen molar-refractivity contribution in [3.8, 4) is 0 Å². The van der Waals surface area contributed by atoms with Gasteiger partial charge in [0, 0.05) is 39.0 Å². The molecule has 0 radical (unpaired) electrons. The zero-order valence-corrected chi connectivity index (χ0v) is 12.7. The lowest BCUT2D eigenvalue weighted by Gasteiger charge is -2.27. The van der Waals surface area contributed by atoms with E-state index in [9.17, 15) is 0 Å². The van der Waals surface area contributed by atoms with Crippen molar-refractivity contribution in [2.24, 2.45) is 0 Å². The van der Waals surface area contributed by atoms with Crippen molar-refractivity contribution in [2.75, 3.05) is 31.7 Å². The van der Waals surface area contributed by atoms with Crippen LogP contribution in [0.3, 0.4) is 0 Å².